The maximum absolute atomic E-state index is 12.2. The van der Waals surface area contributed by atoms with Crippen molar-refractivity contribution in [3.63, 3.8) is 0 Å². The van der Waals surface area contributed by atoms with Crippen LogP contribution >= 0.6 is 0 Å². The number of primary amides is 1. The first-order valence-electron chi connectivity index (χ1n) is 7.85. The molecule has 0 heterocycles. The normalized spacial score (nSPS) is 20.8. The van der Waals surface area contributed by atoms with Gasteiger partial charge < -0.3 is 10.8 Å². The minimum atomic E-state index is -0.961. The van der Waals surface area contributed by atoms with Gasteiger partial charge in [0.25, 0.3) is 5.69 Å². The molecule has 0 unspecified atom stereocenters. The van der Waals surface area contributed by atoms with E-state index in [0.29, 0.717) is 11.3 Å². The molecule has 2 amide bonds. The van der Waals surface area contributed by atoms with Crippen molar-refractivity contribution >= 4 is 17.4 Å². The first-order valence-corrected chi connectivity index (χ1v) is 7.85. The number of urea groups is 1. The molecule has 2 aromatic carbocycles. The van der Waals surface area contributed by atoms with E-state index in [2.05, 4.69) is 0 Å². The van der Waals surface area contributed by atoms with Crippen LogP contribution in [-0.4, -0.2) is 22.2 Å². The van der Waals surface area contributed by atoms with Crippen LogP contribution in [0.15, 0.2) is 48.5 Å². The van der Waals surface area contributed by atoms with Crippen LogP contribution in [0.2, 0.25) is 0 Å². The lowest BCUT2D eigenvalue weighted by Gasteiger charge is -2.33. The van der Waals surface area contributed by atoms with Gasteiger partial charge in [0.2, 0.25) is 0 Å². The van der Waals surface area contributed by atoms with E-state index in [1.807, 2.05) is 13.8 Å². The van der Waals surface area contributed by atoms with Crippen LogP contribution < -0.4 is 10.6 Å². The number of hydrogen-bond donors (Lipinski definition) is 2. The molecule has 1 aliphatic rings. The molecule has 0 aliphatic heterocycles. The zero-order chi connectivity index (χ0) is 18.4. The number of nitro benzene ring substituents is 1. The van der Waals surface area contributed by atoms with Crippen molar-refractivity contribution in [3.05, 3.63) is 69.8 Å². The summed E-state index contributed by atoms with van der Waals surface area (Å²) in [6.07, 6.45) is -0.961. The van der Waals surface area contributed by atoms with E-state index >= 15 is 0 Å². The van der Waals surface area contributed by atoms with E-state index in [1.165, 1.54) is 17.0 Å². The molecule has 130 valence electrons. The molecule has 0 bridgehead atoms. The topological polar surface area (TPSA) is 110 Å². The van der Waals surface area contributed by atoms with E-state index in [0.717, 1.165) is 5.56 Å². The number of aliphatic hydroxyl groups is 1. The Hall–Kier alpha value is -2.93. The van der Waals surface area contributed by atoms with Gasteiger partial charge in [0.15, 0.2) is 0 Å². The van der Waals surface area contributed by atoms with Crippen LogP contribution in [0.1, 0.15) is 31.0 Å². The number of non-ortho nitro benzene ring substituents is 1. The van der Waals surface area contributed by atoms with Gasteiger partial charge in [-0.1, -0.05) is 38.1 Å². The Labute approximate surface area is 144 Å². The van der Waals surface area contributed by atoms with Gasteiger partial charge in [-0.15, -0.1) is 0 Å². The van der Waals surface area contributed by atoms with Crippen LogP contribution in [0.25, 0.3) is 0 Å². The predicted octanol–water partition coefficient (Wildman–Crippen LogP) is 2.87. The minimum Gasteiger partial charge on any atom is -0.390 e. The number of amides is 2. The van der Waals surface area contributed by atoms with E-state index < -0.39 is 28.5 Å². The average Bonchev–Trinajstić information content (AvgIpc) is 2.76. The highest BCUT2D eigenvalue weighted by molar-refractivity contribution is 5.92. The Balaban J connectivity index is 2.21. The Kier molecular flexibility index (Phi) is 3.96. The number of hydrogen-bond acceptors (Lipinski definition) is 4. The number of anilines is 1. The number of rotatable bonds is 3. The van der Waals surface area contributed by atoms with Gasteiger partial charge in [-0.05, 0) is 23.3 Å². The summed E-state index contributed by atoms with van der Waals surface area (Å²) < 4.78 is 0. The first-order chi connectivity index (χ1) is 11.7. The quantitative estimate of drug-likeness (QED) is 0.660. The lowest BCUT2D eigenvalue weighted by Crippen LogP contribution is -2.45. The number of para-hydroxylation sites is 1. The van der Waals surface area contributed by atoms with E-state index in [1.54, 1.807) is 36.4 Å². The summed E-state index contributed by atoms with van der Waals surface area (Å²) >= 11 is 0. The summed E-state index contributed by atoms with van der Waals surface area (Å²) in [6.45, 7) is 3.68. The van der Waals surface area contributed by atoms with E-state index in [4.69, 9.17) is 5.73 Å². The maximum atomic E-state index is 12.2. The second-order valence-corrected chi connectivity index (χ2v) is 6.68. The van der Waals surface area contributed by atoms with E-state index in [-0.39, 0.29) is 5.69 Å². The van der Waals surface area contributed by atoms with Crippen molar-refractivity contribution in [3.8, 4) is 0 Å². The number of nitrogens with two attached hydrogens (primary N) is 1. The zero-order valence-corrected chi connectivity index (χ0v) is 13.9. The van der Waals surface area contributed by atoms with Crippen molar-refractivity contribution in [1.29, 1.82) is 0 Å². The smallest absolute Gasteiger partial charge is 0.319 e. The number of nitrogens with zero attached hydrogens (tertiary/aromatic N) is 2. The summed E-state index contributed by atoms with van der Waals surface area (Å²) in [5, 5.41) is 22.1. The van der Waals surface area contributed by atoms with E-state index in [9.17, 15) is 20.0 Å². The molecule has 3 rings (SSSR count). The number of nitro groups is 1. The molecule has 2 atom stereocenters. The Morgan fingerprint density at radius 1 is 1.24 bits per heavy atom. The summed E-state index contributed by atoms with van der Waals surface area (Å²) in [5.41, 5.74) is 6.64. The highest BCUT2D eigenvalue weighted by Gasteiger charge is 2.49. The number of aliphatic hydroxyl groups excluding tert-OH is 1. The summed E-state index contributed by atoms with van der Waals surface area (Å²) in [4.78, 5) is 24.1. The molecule has 2 aromatic rings. The van der Waals surface area contributed by atoms with Gasteiger partial charge in [-0.25, -0.2) is 4.79 Å². The zero-order valence-electron chi connectivity index (χ0n) is 13.9. The Bertz CT molecular complexity index is 835. The molecule has 0 aromatic heterocycles. The Morgan fingerprint density at radius 2 is 1.88 bits per heavy atom. The van der Waals surface area contributed by atoms with Crippen LogP contribution in [-0.2, 0) is 5.41 Å². The van der Waals surface area contributed by atoms with Crippen LogP contribution in [0.5, 0.6) is 0 Å². The third-order valence-electron chi connectivity index (χ3n) is 4.85. The maximum Gasteiger partial charge on any atom is 0.319 e. The largest absolute Gasteiger partial charge is 0.390 e. The first kappa shape index (κ1) is 16.9. The Morgan fingerprint density at radius 3 is 2.44 bits per heavy atom. The average molecular weight is 341 g/mol. The monoisotopic (exact) mass is 341 g/mol. The summed E-state index contributed by atoms with van der Waals surface area (Å²) in [6, 6.07) is 11.7. The molecule has 25 heavy (non-hydrogen) atoms. The van der Waals surface area contributed by atoms with Gasteiger partial charge in [0, 0.05) is 23.2 Å². The van der Waals surface area contributed by atoms with Gasteiger partial charge in [-0.2, -0.15) is 0 Å². The van der Waals surface area contributed by atoms with Crippen molar-refractivity contribution in [2.45, 2.75) is 31.4 Å². The molecule has 0 radical (unpaired) electrons. The summed E-state index contributed by atoms with van der Waals surface area (Å²) in [7, 11) is 0. The second kappa shape index (κ2) is 5.86. The third kappa shape index (κ3) is 2.62. The predicted molar refractivity (Wildman–Crippen MR) is 93.4 cm³/mol. The molecule has 1 aliphatic carbocycles. The van der Waals surface area contributed by atoms with Gasteiger partial charge in [0.05, 0.1) is 17.1 Å². The van der Waals surface area contributed by atoms with Crippen LogP contribution in [0.4, 0.5) is 16.2 Å². The standard InChI is InChI=1S/C18H19N3O4/c1-18(2)14-9-8-12(21(24)25)10-13(14)15(16(18)22)20(17(19)23)11-6-4-3-5-7-11/h3-10,15-16,22H,1-2H3,(H2,19,23)/t15-,16+/m1/s1. The molecule has 0 saturated heterocycles. The van der Waals surface area contributed by atoms with Crippen molar-refractivity contribution < 1.29 is 14.8 Å². The molecule has 0 saturated carbocycles. The van der Waals surface area contributed by atoms with Crippen LogP contribution in [0.3, 0.4) is 0 Å². The number of carbonyl (C=O) groups excluding carboxylic acids is 1. The molecule has 0 spiro atoms. The lowest BCUT2D eigenvalue weighted by atomic mass is 9.84. The van der Waals surface area contributed by atoms with Gasteiger partial charge in [0.1, 0.15) is 0 Å². The number of carbonyl (C=O) groups is 1. The van der Waals surface area contributed by atoms with Gasteiger partial charge in [-0.3, -0.25) is 15.0 Å². The minimum absolute atomic E-state index is 0.0915. The molecule has 0 fully saturated rings. The summed E-state index contributed by atoms with van der Waals surface area (Å²) in [5.74, 6) is 0. The van der Waals surface area contributed by atoms with Crippen molar-refractivity contribution in [2.24, 2.45) is 5.73 Å². The highest BCUT2D eigenvalue weighted by Crippen LogP contribution is 2.49. The molecule has 7 nitrogen and oxygen atoms in total. The fourth-order valence-electron chi connectivity index (χ4n) is 3.51. The molecular weight excluding hydrogens is 322 g/mol. The molecule has 3 N–H and O–H groups in total. The third-order valence-corrected chi connectivity index (χ3v) is 4.85. The SMILES string of the molecule is CC1(C)c2ccc([N+](=O)[O-])cc2[C@@H](N(C(N)=O)c2ccccc2)[C@@H]1O. The fraction of sp³-hybridized carbons (Fsp3) is 0.278. The lowest BCUT2D eigenvalue weighted by molar-refractivity contribution is -0.384. The molecular formula is C18H19N3O4. The van der Waals surface area contributed by atoms with Gasteiger partial charge >= 0.3 is 6.03 Å². The second-order valence-electron chi connectivity index (χ2n) is 6.68. The fourth-order valence-corrected chi connectivity index (χ4v) is 3.51. The highest BCUT2D eigenvalue weighted by atomic mass is 16.6. The number of benzene rings is 2. The number of fused-ring (bicyclic) bond motifs is 1. The van der Waals surface area contributed by atoms with Crippen LogP contribution in [0, 0.1) is 10.1 Å². The van der Waals surface area contributed by atoms with Crippen molar-refractivity contribution in [2.75, 3.05) is 4.90 Å². The molecule has 7 heteroatoms. The van der Waals surface area contributed by atoms with Crippen molar-refractivity contribution in [1.82, 2.24) is 0 Å².